The highest BCUT2D eigenvalue weighted by molar-refractivity contribution is 6.35. The van der Waals surface area contributed by atoms with Gasteiger partial charge in [-0.1, -0.05) is 23.2 Å². The molecule has 0 bridgehead atoms. The van der Waals surface area contributed by atoms with Crippen molar-refractivity contribution in [2.24, 2.45) is 4.99 Å². The lowest BCUT2D eigenvalue weighted by atomic mass is 9.72. The maximum atomic E-state index is 10.6. The summed E-state index contributed by atoms with van der Waals surface area (Å²) in [5.41, 5.74) is 0.217. The minimum Gasteiger partial charge on any atom is -0.495 e. The lowest BCUT2D eigenvalue weighted by Gasteiger charge is -2.38. The van der Waals surface area contributed by atoms with E-state index in [9.17, 15) is 4.79 Å². The number of ether oxygens (including phenoxy) is 1. The minimum absolute atomic E-state index is 0.433. The fraction of sp³-hybridized carbons (Fsp3) is 0.417. The van der Waals surface area contributed by atoms with E-state index in [0.29, 0.717) is 15.8 Å². The predicted molar refractivity (Wildman–Crippen MR) is 66.7 cm³/mol. The minimum atomic E-state index is -0.554. The Bertz CT molecular complexity index is 492. The molecule has 0 N–H and O–H groups in total. The Kier molecular flexibility index (Phi) is 3.43. The van der Waals surface area contributed by atoms with E-state index in [1.165, 1.54) is 7.11 Å². The molecule has 0 saturated heterocycles. The molecule has 0 spiro atoms. The molecule has 0 unspecified atom stereocenters. The number of aliphatic imine (C=N–C) groups is 1. The molecule has 0 radical (unpaired) electrons. The number of carbonyl (C=O) groups excluding carboxylic acids is 1. The normalized spacial score (nSPS) is 16.9. The van der Waals surface area contributed by atoms with Crippen molar-refractivity contribution in [1.29, 1.82) is 0 Å². The predicted octanol–water partition coefficient (Wildman–Crippen LogP) is 3.72. The summed E-state index contributed by atoms with van der Waals surface area (Å²) in [6.07, 6.45) is 4.22. The standard InChI is InChI=1S/C12H11Cl2NO2/c1-17-11-9(5-8(13)6-10(11)14)12(15-7-16)3-2-4-12/h5-6H,2-4H2,1H3. The summed E-state index contributed by atoms with van der Waals surface area (Å²) in [5.74, 6) is 0.537. The largest absolute Gasteiger partial charge is 0.495 e. The van der Waals surface area contributed by atoms with E-state index in [1.807, 2.05) is 0 Å². The summed E-state index contributed by atoms with van der Waals surface area (Å²) in [6.45, 7) is 0. The summed E-state index contributed by atoms with van der Waals surface area (Å²) in [5, 5.41) is 0.945. The summed E-state index contributed by atoms with van der Waals surface area (Å²) in [6, 6.07) is 3.37. The first-order chi connectivity index (χ1) is 8.13. The van der Waals surface area contributed by atoms with Crippen LogP contribution in [0.5, 0.6) is 5.75 Å². The number of hydrogen-bond donors (Lipinski definition) is 0. The molecule has 0 aliphatic heterocycles. The number of methoxy groups -OCH3 is 1. The summed E-state index contributed by atoms with van der Waals surface area (Å²) in [7, 11) is 1.54. The lowest BCUT2D eigenvalue weighted by Crippen LogP contribution is -2.32. The molecule has 3 nitrogen and oxygen atoms in total. The van der Waals surface area contributed by atoms with Gasteiger partial charge in [0.1, 0.15) is 11.3 Å². The quantitative estimate of drug-likeness (QED) is 0.621. The maximum Gasteiger partial charge on any atom is 0.235 e. The van der Waals surface area contributed by atoms with Crippen LogP contribution in [0, 0.1) is 0 Å². The van der Waals surface area contributed by atoms with E-state index in [4.69, 9.17) is 27.9 Å². The summed E-state index contributed by atoms with van der Waals surface area (Å²) < 4.78 is 5.28. The zero-order chi connectivity index (χ0) is 12.5. The molecular weight excluding hydrogens is 261 g/mol. The van der Waals surface area contributed by atoms with E-state index in [2.05, 4.69) is 4.99 Å². The van der Waals surface area contributed by atoms with Gasteiger partial charge in [0.2, 0.25) is 6.08 Å². The second kappa shape index (κ2) is 4.69. The van der Waals surface area contributed by atoms with E-state index < -0.39 is 5.54 Å². The Morgan fingerprint density at radius 1 is 1.41 bits per heavy atom. The molecule has 5 heteroatoms. The molecule has 0 atom stereocenters. The van der Waals surface area contributed by atoms with Crippen molar-refractivity contribution in [1.82, 2.24) is 0 Å². The number of isocyanates is 1. The van der Waals surface area contributed by atoms with Gasteiger partial charge in [-0.05, 0) is 31.4 Å². The number of nitrogens with zero attached hydrogens (tertiary/aromatic N) is 1. The summed E-state index contributed by atoms with van der Waals surface area (Å²) >= 11 is 12.1. The van der Waals surface area contributed by atoms with Crippen LogP contribution in [0.1, 0.15) is 24.8 Å². The van der Waals surface area contributed by atoms with Crippen LogP contribution in [0.2, 0.25) is 10.0 Å². The monoisotopic (exact) mass is 271 g/mol. The van der Waals surface area contributed by atoms with Crippen LogP contribution in [0.3, 0.4) is 0 Å². The first kappa shape index (κ1) is 12.4. The fourth-order valence-electron chi connectivity index (χ4n) is 2.15. The molecule has 17 heavy (non-hydrogen) atoms. The van der Waals surface area contributed by atoms with Crippen LogP contribution >= 0.6 is 23.2 Å². The van der Waals surface area contributed by atoms with Gasteiger partial charge in [0.05, 0.1) is 12.1 Å². The number of halogens is 2. The topological polar surface area (TPSA) is 38.7 Å². The van der Waals surface area contributed by atoms with Crippen molar-refractivity contribution in [3.8, 4) is 5.75 Å². The van der Waals surface area contributed by atoms with Crippen molar-refractivity contribution in [3.63, 3.8) is 0 Å². The van der Waals surface area contributed by atoms with Crippen LogP contribution in [-0.2, 0) is 10.3 Å². The van der Waals surface area contributed by atoms with Gasteiger partial charge in [-0.15, -0.1) is 0 Å². The van der Waals surface area contributed by atoms with Crippen molar-refractivity contribution in [2.45, 2.75) is 24.8 Å². The van der Waals surface area contributed by atoms with Gasteiger partial charge in [0, 0.05) is 10.6 Å². The van der Waals surface area contributed by atoms with Crippen molar-refractivity contribution in [3.05, 3.63) is 27.7 Å². The Morgan fingerprint density at radius 3 is 2.59 bits per heavy atom. The van der Waals surface area contributed by atoms with Crippen molar-refractivity contribution >= 4 is 29.3 Å². The SMILES string of the molecule is COc1c(Cl)cc(Cl)cc1C1(N=C=O)CCC1. The Labute approximate surface area is 109 Å². The highest BCUT2D eigenvalue weighted by atomic mass is 35.5. The highest BCUT2D eigenvalue weighted by Crippen LogP contribution is 2.50. The van der Waals surface area contributed by atoms with Crippen molar-refractivity contribution < 1.29 is 9.53 Å². The average Bonchev–Trinajstić information content (AvgIpc) is 2.22. The molecular formula is C12H11Cl2NO2. The Balaban J connectivity index is 2.60. The number of hydrogen-bond acceptors (Lipinski definition) is 3. The summed E-state index contributed by atoms with van der Waals surface area (Å²) in [4.78, 5) is 14.5. The van der Waals surface area contributed by atoms with Crippen LogP contribution in [0.4, 0.5) is 0 Å². The molecule has 0 amide bonds. The smallest absolute Gasteiger partial charge is 0.235 e. The first-order valence-electron chi connectivity index (χ1n) is 5.25. The van der Waals surface area contributed by atoms with E-state index in [-0.39, 0.29) is 0 Å². The number of benzene rings is 1. The van der Waals surface area contributed by atoms with Crippen LogP contribution in [0.25, 0.3) is 0 Å². The zero-order valence-corrected chi connectivity index (χ0v) is 10.8. The molecule has 1 fully saturated rings. The van der Waals surface area contributed by atoms with Crippen LogP contribution in [-0.4, -0.2) is 13.2 Å². The second-order valence-electron chi connectivity index (χ2n) is 4.06. The molecule has 0 heterocycles. The van der Waals surface area contributed by atoms with Gasteiger partial charge in [0.25, 0.3) is 0 Å². The third kappa shape index (κ3) is 2.06. The molecule has 2 rings (SSSR count). The van der Waals surface area contributed by atoms with Crippen molar-refractivity contribution in [2.75, 3.05) is 7.11 Å². The molecule has 1 aliphatic carbocycles. The molecule has 1 aromatic carbocycles. The molecule has 1 aliphatic rings. The first-order valence-corrected chi connectivity index (χ1v) is 6.01. The van der Waals surface area contributed by atoms with Gasteiger partial charge in [-0.25, -0.2) is 4.79 Å². The Morgan fingerprint density at radius 2 is 2.12 bits per heavy atom. The van der Waals surface area contributed by atoms with Gasteiger partial charge in [-0.2, -0.15) is 4.99 Å². The van der Waals surface area contributed by atoms with Gasteiger partial charge < -0.3 is 4.74 Å². The van der Waals surface area contributed by atoms with Crippen LogP contribution < -0.4 is 4.74 Å². The molecule has 1 saturated carbocycles. The molecule has 0 aromatic heterocycles. The molecule has 1 aromatic rings. The van der Waals surface area contributed by atoms with E-state index in [1.54, 1.807) is 18.2 Å². The Hall–Kier alpha value is -1.02. The molecule has 90 valence electrons. The zero-order valence-electron chi connectivity index (χ0n) is 9.30. The number of rotatable bonds is 3. The second-order valence-corrected chi connectivity index (χ2v) is 4.90. The van der Waals surface area contributed by atoms with Gasteiger partial charge >= 0.3 is 0 Å². The third-order valence-corrected chi connectivity index (χ3v) is 3.65. The van der Waals surface area contributed by atoms with E-state index in [0.717, 1.165) is 24.8 Å². The van der Waals surface area contributed by atoms with Crippen LogP contribution in [0.15, 0.2) is 17.1 Å². The van der Waals surface area contributed by atoms with Gasteiger partial charge in [-0.3, -0.25) is 0 Å². The lowest BCUT2D eigenvalue weighted by molar-refractivity contribution is 0.246. The van der Waals surface area contributed by atoms with E-state index >= 15 is 0 Å². The fourth-order valence-corrected chi connectivity index (χ4v) is 2.72. The average molecular weight is 272 g/mol. The maximum absolute atomic E-state index is 10.6. The highest BCUT2D eigenvalue weighted by Gasteiger charge is 2.41. The van der Waals surface area contributed by atoms with Gasteiger partial charge in [0.15, 0.2) is 0 Å². The third-order valence-electron chi connectivity index (χ3n) is 3.15.